The fraction of sp³-hybridized carbons (Fsp3) is 0.333. The molecule has 0 atom stereocenters. The van der Waals surface area contributed by atoms with E-state index in [-0.39, 0.29) is 11.8 Å². The van der Waals surface area contributed by atoms with Gasteiger partial charge in [0.2, 0.25) is 11.8 Å². The molecule has 2 aliphatic rings. The quantitative estimate of drug-likeness (QED) is 0.801. The van der Waals surface area contributed by atoms with Crippen molar-refractivity contribution >= 4 is 28.8 Å². The van der Waals surface area contributed by atoms with Crippen molar-refractivity contribution in [3.8, 4) is 0 Å². The van der Waals surface area contributed by atoms with Gasteiger partial charge < -0.3 is 21.3 Å². The minimum absolute atomic E-state index is 0.190. The molecule has 2 aromatic carbocycles. The van der Waals surface area contributed by atoms with Crippen molar-refractivity contribution in [3.05, 3.63) is 65.2 Å². The van der Waals surface area contributed by atoms with E-state index in [1.807, 2.05) is 53.4 Å². The van der Waals surface area contributed by atoms with Crippen LogP contribution in [0.1, 0.15) is 36.8 Å². The zero-order valence-corrected chi connectivity index (χ0v) is 17.1. The third-order valence-corrected chi connectivity index (χ3v) is 6.00. The van der Waals surface area contributed by atoms with Gasteiger partial charge in [-0.15, -0.1) is 0 Å². The van der Waals surface area contributed by atoms with Crippen LogP contribution >= 0.6 is 0 Å². The molecule has 0 aliphatic carbocycles. The monoisotopic (exact) mass is 404 g/mol. The van der Waals surface area contributed by atoms with Gasteiger partial charge in [0, 0.05) is 49.5 Å². The van der Waals surface area contributed by atoms with Crippen molar-refractivity contribution in [1.82, 2.24) is 0 Å². The summed E-state index contributed by atoms with van der Waals surface area (Å²) in [5.41, 5.74) is 17.2. The first-order valence-corrected chi connectivity index (χ1v) is 10.5. The van der Waals surface area contributed by atoms with Gasteiger partial charge in [-0.2, -0.15) is 0 Å². The SMILES string of the molecule is NCc1cccc(C2=C(C(N)=O)CN(c3ccc(N4CCCCC4=O)cc3)CC2)c1. The van der Waals surface area contributed by atoms with E-state index in [4.69, 9.17) is 11.5 Å². The number of carbonyl (C=O) groups is 2. The van der Waals surface area contributed by atoms with Gasteiger partial charge in [0.15, 0.2) is 0 Å². The molecule has 4 N–H and O–H groups in total. The molecule has 30 heavy (non-hydrogen) atoms. The minimum atomic E-state index is -0.386. The first-order valence-electron chi connectivity index (χ1n) is 10.5. The van der Waals surface area contributed by atoms with Gasteiger partial charge in [-0.25, -0.2) is 0 Å². The Kier molecular flexibility index (Phi) is 5.86. The summed E-state index contributed by atoms with van der Waals surface area (Å²) in [6.07, 6.45) is 3.37. The van der Waals surface area contributed by atoms with E-state index in [0.29, 0.717) is 25.1 Å². The third kappa shape index (κ3) is 4.09. The summed E-state index contributed by atoms with van der Waals surface area (Å²) in [7, 11) is 0. The third-order valence-electron chi connectivity index (χ3n) is 6.00. The van der Waals surface area contributed by atoms with Gasteiger partial charge in [0.25, 0.3) is 0 Å². The lowest BCUT2D eigenvalue weighted by Gasteiger charge is -2.32. The van der Waals surface area contributed by atoms with E-state index < -0.39 is 0 Å². The lowest BCUT2D eigenvalue weighted by molar-refractivity contribution is -0.119. The number of benzene rings is 2. The Labute approximate surface area is 177 Å². The van der Waals surface area contributed by atoms with Gasteiger partial charge in [-0.05, 0) is 60.2 Å². The number of anilines is 2. The average molecular weight is 405 g/mol. The number of amides is 2. The number of nitrogens with zero attached hydrogens (tertiary/aromatic N) is 2. The largest absolute Gasteiger partial charge is 0.367 e. The van der Waals surface area contributed by atoms with E-state index in [1.54, 1.807) is 0 Å². The normalized spacial score (nSPS) is 17.4. The first-order chi connectivity index (χ1) is 14.6. The molecule has 2 aliphatic heterocycles. The molecule has 2 amide bonds. The van der Waals surface area contributed by atoms with Crippen LogP contribution in [0.3, 0.4) is 0 Å². The van der Waals surface area contributed by atoms with Gasteiger partial charge in [-0.3, -0.25) is 9.59 Å². The van der Waals surface area contributed by atoms with Gasteiger partial charge >= 0.3 is 0 Å². The Morgan fingerprint density at radius 2 is 1.73 bits per heavy atom. The summed E-state index contributed by atoms with van der Waals surface area (Å²) in [6.45, 7) is 2.51. The maximum atomic E-state index is 12.2. The summed E-state index contributed by atoms with van der Waals surface area (Å²) in [5.74, 6) is -0.196. The van der Waals surface area contributed by atoms with Crippen LogP contribution in [0.5, 0.6) is 0 Å². The molecule has 1 fully saturated rings. The van der Waals surface area contributed by atoms with E-state index in [0.717, 1.165) is 60.4 Å². The molecule has 0 bridgehead atoms. The molecule has 0 radical (unpaired) electrons. The number of nitrogens with two attached hydrogens (primary N) is 2. The van der Waals surface area contributed by atoms with Crippen LogP contribution in [0.15, 0.2) is 54.1 Å². The molecule has 156 valence electrons. The van der Waals surface area contributed by atoms with Crippen molar-refractivity contribution in [2.45, 2.75) is 32.2 Å². The van der Waals surface area contributed by atoms with E-state index in [2.05, 4.69) is 4.90 Å². The van der Waals surface area contributed by atoms with Crippen LogP contribution in [-0.4, -0.2) is 31.4 Å². The topological polar surface area (TPSA) is 92.7 Å². The fourth-order valence-corrected chi connectivity index (χ4v) is 4.34. The smallest absolute Gasteiger partial charge is 0.246 e. The van der Waals surface area contributed by atoms with E-state index >= 15 is 0 Å². The van der Waals surface area contributed by atoms with Crippen LogP contribution in [-0.2, 0) is 16.1 Å². The second kappa shape index (κ2) is 8.71. The molecule has 0 saturated carbocycles. The lowest BCUT2D eigenvalue weighted by Crippen LogP contribution is -2.36. The van der Waals surface area contributed by atoms with Crippen LogP contribution in [0.2, 0.25) is 0 Å². The summed E-state index contributed by atoms with van der Waals surface area (Å²) < 4.78 is 0. The van der Waals surface area contributed by atoms with Gasteiger partial charge in [-0.1, -0.05) is 24.3 Å². The number of hydrogen-bond donors (Lipinski definition) is 2. The number of carbonyl (C=O) groups excluding carboxylic acids is 2. The molecule has 0 aromatic heterocycles. The predicted molar refractivity (Wildman–Crippen MR) is 120 cm³/mol. The van der Waals surface area contributed by atoms with Crippen molar-refractivity contribution < 1.29 is 9.59 Å². The highest BCUT2D eigenvalue weighted by Gasteiger charge is 2.24. The van der Waals surface area contributed by atoms with E-state index in [1.165, 1.54) is 0 Å². The Morgan fingerprint density at radius 1 is 0.967 bits per heavy atom. The number of piperidine rings is 1. The first kappa shape index (κ1) is 20.2. The molecular weight excluding hydrogens is 376 g/mol. The zero-order valence-electron chi connectivity index (χ0n) is 17.1. The van der Waals surface area contributed by atoms with Crippen LogP contribution in [0.25, 0.3) is 5.57 Å². The Balaban J connectivity index is 1.56. The lowest BCUT2D eigenvalue weighted by atomic mass is 9.91. The van der Waals surface area contributed by atoms with Crippen molar-refractivity contribution in [2.24, 2.45) is 11.5 Å². The van der Waals surface area contributed by atoms with Gasteiger partial charge in [0.05, 0.1) is 0 Å². The Hall–Kier alpha value is -3.12. The molecule has 6 heteroatoms. The minimum Gasteiger partial charge on any atom is -0.367 e. The summed E-state index contributed by atoms with van der Waals surface area (Å²) >= 11 is 0. The molecule has 4 rings (SSSR count). The average Bonchev–Trinajstić information content (AvgIpc) is 2.79. The molecule has 6 nitrogen and oxygen atoms in total. The molecule has 0 spiro atoms. The number of hydrogen-bond acceptors (Lipinski definition) is 4. The number of rotatable bonds is 5. The highest BCUT2D eigenvalue weighted by molar-refractivity contribution is 6.02. The molecule has 0 unspecified atom stereocenters. The summed E-state index contributed by atoms with van der Waals surface area (Å²) in [4.78, 5) is 28.4. The zero-order chi connectivity index (χ0) is 21.1. The summed E-state index contributed by atoms with van der Waals surface area (Å²) in [6, 6.07) is 16.0. The molecular formula is C24H28N4O2. The van der Waals surface area contributed by atoms with Crippen LogP contribution in [0.4, 0.5) is 11.4 Å². The maximum absolute atomic E-state index is 12.2. The highest BCUT2D eigenvalue weighted by atomic mass is 16.2. The molecule has 1 saturated heterocycles. The number of primary amides is 1. The maximum Gasteiger partial charge on any atom is 0.246 e. The Morgan fingerprint density at radius 3 is 2.43 bits per heavy atom. The van der Waals surface area contributed by atoms with Crippen molar-refractivity contribution in [1.29, 1.82) is 0 Å². The molecule has 2 heterocycles. The summed E-state index contributed by atoms with van der Waals surface area (Å²) in [5, 5.41) is 0. The van der Waals surface area contributed by atoms with Crippen LogP contribution < -0.4 is 21.3 Å². The fourth-order valence-electron chi connectivity index (χ4n) is 4.34. The van der Waals surface area contributed by atoms with Crippen molar-refractivity contribution in [3.63, 3.8) is 0 Å². The highest BCUT2D eigenvalue weighted by Crippen LogP contribution is 2.32. The van der Waals surface area contributed by atoms with Gasteiger partial charge in [0.1, 0.15) is 0 Å². The second-order valence-corrected chi connectivity index (χ2v) is 7.92. The Bertz CT molecular complexity index is 981. The second-order valence-electron chi connectivity index (χ2n) is 7.92. The van der Waals surface area contributed by atoms with Crippen LogP contribution in [0, 0.1) is 0 Å². The molecule has 2 aromatic rings. The predicted octanol–water partition coefficient (Wildman–Crippen LogP) is 2.81. The standard InChI is InChI=1S/C24H28N4O2/c25-15-17-4-3-5-18(14-17)21-11-13-27(16-22(21)24(26)30)19-7-9-20(10-8-19)28-12-2-1-6-23(28)29/h3-5,7-10,14H,1-2,6,11-13,15-16,25H2,(H2,26,30). The van der Waals surface area contributed by atoms with E-state index in [9.17, 15) is 9.59 Å². The van der Waals surface area contributed by atoms with Crippen molar-refractivity contribution in [2.75, 3.05) is 29.4 Å².